The van der Waals surface area contributed by atoms with Crippen LogP contribution in [0, 0.1) is 6.92 Å². The highest BCUT2D eigenvalue weighted by molar-refractivity contribution is 8.19. The third kappa shape index (κ3) is 3.88. The summed E-state index contributed by atoms with van der Waals surface area (Å²) in [6.07, 6.45) is 0. The van der Waals surface area contributed by atoms with E-state index in [9.17, 15) is 9.59 Å². The molecule has 7 heteroatoms. The van der Waals surface area contributed by atoms with Gasteiger partial charge in [-0.2, -0.15) is 0 Å². The maximum absolute atomic E-state index is 12.5. The van der Waals surface area contributed by atoms with E-state index in [0.29, 0.717) is 16.8 Å². The van der Waals surface area contributed by atoms with Gasteiger partial charge >= 0.3 is 11.9 Å². The van der Waals surface area contributed by atoms with Crippen LogP contribution in [0.25, 0.3) is 0 Å². The Balaban J connectivity index is 1.85. The lowest BCUT2D eigenvalue weighted by Crippen LogP contribution is -2.08. The fourth-order valence-corrected chi connectivity index (χ4v) is 5.53. The highest BCUT2D eigenvalue weighted by Gasteiger charge is 2.31. The minimum Gasteiger partial charge on any atom is -0.465 e. The third-order valence-corrected chi connectivity index (χ3v) is 6.97. The normalized spacial score (nSPS) is 14.5. The van der Waals surface area contributed by atoms with E-state index in [0.717, 1.165) is 22.8 Å². The molecule has 0 amide bonds. The fourth-order valence-electron chi connectivity index (χ4n) is 2.68. The monoisotopic (exact) mass is 377 g/mol. The molecular formula is C18H19NO4S2. The maximum Gasteiger partial charge on any atom is 0.355 e. The summed E-state index contributed by atoms with van der Waals surface area (Å²) in [4.78, 5) is 27.9. The second-order valence-corrected chi connectivity index (χ2v) is 8.26. The Morgan fingerprint density at radius 3 is 2.48 bits per heavy atom. The molecule has 2 aromatic rings. The molecule has 1 aliphatic rings. The molecule has 0 unspecified atom stereocenters. The number of hydrogen-bond donors (Lipinski definition) is 1. The third-order valence-electron chi connectivity index (χ3n) is 3.94. The number of hydrogen-bond acceptors (Lipinski definition) is 6. The summed E-state index contributed by atoms with van der Waals surface area (Å²) in [5.41, 5.74) is 2.99. The molecule has 1 fully saturated rings. The Morgan fingerprint density at radius 2 is 1.84 bits per heavy atom. The SMILES string of the molecule is COC(=O)c1c(C2SCCS2)[nH]c(C(=O)OCc2ccccc2)c1C. The van der Waals surface area contributed by atoms with Gasteiger partial charge in [-0.3, -0.25) is 0 Å². The Morgan fingerprint density at radius 1 is 1.16 bits per heavy atom. The number of benzene rings is 1. The van der Waals surface area contributed by atoms with Crippen LogP contribution >= 0.6 is 23.5 Å². The molecule has 0 saturated carbocycles. The van der Waals surface area contributed by atoms with Gasteiger partial charge in [-0.1, -0.05) is 30.3 Å². The quantitative estimate of drug-likeness (QED) is 0.796. The van der Waals surface area contributed by atoms with E-state index in [2.05, 4.69) is 4.98 Å². The van der Waals surface area contributed by atoms with Crippen LogP contribution < -0.4 is 0 Å². The van der Waals surface area contributed by atoms with Gasteiger partial charge in [0.25, 0.3) is 0 Å². The Bertz CT molecular complexity index is 767. The number of aromatic amines is 1. The Hall–Kier alpha value is -1.86. The van der Waals surface area contributed by atoms with Crippen molar-refractivity contribution in [3.8, 4) is 0 Å². The van der Waals surface area contributed by atoms with Gasteiger partial charge in [0.1, 0.15) is 12.3 Å². The average molecular weight is 377 g/mol. The highest BCUT2D eigenvalue weighted by atomic mass is 32.2. The maximum atomic E-state index is 12.5. The van der Waals surface area contributed by atoms with Crippen molar-refractivity contribution in [2.45, 2.75) is 18.1 Å². The van der Waals surface area contributed by atoms with Crippen LogP contribution in [-0.4, -0.2) is 35.5 Å². The van der Waals surface area contributed by atoms with Crippen molar-refractivity contribution < 1.29 is 19.1 Å². The second-order valence-electron chi connectivity index (χ2n) is 5.54. The van der Waals surface area contributed by atoms with Crippen LogP contribution in [0.15, 0.2) is 30.3 Å². The number of esters is 2. The molecule has 1 N–H and O–H groups in total. The summed E-state index contributed by atoms with van der Waals surface area (Å²) in [6, 6.07) is 9.49. The average Bonchev–Trinajstić information content (AvgIpc) is 3.27. The second kappa shape index (κ2) is 8.01. The molecule has 1 saturated heterocycles. The molecule has 0 bridgehead atoms. The van der Waals surface area contributed by atoms with Gasteiger partial charge in [0.2, 0.25) is 0 Å². The zero-order valence-corrected chi connectivity index (χ0v) is 15.7. The van der Waals surface area contributed by atoms with Gasteiger partial charge in [-0.15, -0.1) is 23.5 Å². The van der Waals surface area contributed by atoms with Gasteiger partial charge in [-0.25, -0.2) is 9.59 Å². The highest BCUT2D eigenvalue weighted by Crippen LogP contribution is 2.46. The van der Waals surface area contributed by atoms with Crippen molar-refractivity contribution in [3.05, 3.63) is 58.4 Å². The van der Waals surface area contributed by atoms with Crippen LogP contribution in [0.2, 0.25) is 0 Å². The predicted molar refractivity (Wildman–Crippen MR) is 100 cm³/mol. The lowest BCUT2D eigenvalue weighted by molar-refractivity contribution is 0.0465. The lowest BCUT2D eigenvalue weighted by atomic mass is 10.1. The minimum atomic E-state index is -0.467. The topological polar surface area (TPSA) is 68.4 Å². The number of ether oxygens (including phenoxy) is 2. The molecule has 5 nitrogen and oxygen atoms in total. The van der Waals surface area contributed by atoms with Gasteiger partial charge in [0, 0.05) is 11.5 Å². The van der Waals surface area contributed by atoms with Crippen LogP contribution in [0.4, 0.5) is 0 Å². The van der Waals surface area contributed by atoms with Gasteiger partial charge in [0.15, 0.2) is 0 Å². The minimum absolute atomic E-state index is 0.100. The number of methoxy groups -OCH3 is 1. The lowest BCUT2D eigenvalue weighted by Gasteiger charge is -2.08. The van der Waals surface area contributed by atoms with E-state index < -0.39 is 11.9 Å². The number of nitrogens with one attached hydrogen (secondary N) is 1. The first-order valence-electron chi connectivity index (χ1n) is 7.87. The van der Waals surface area contributed by atoms with Crippen molar-refractivity contribution >= 4 is 35.5 Å². The molecule has 1 aliphatic heterocycles. The molecule has 0 aliphatic carbocycles. The summed E-state index contributed by atoms with van der Waals surface area (Å²) in [5, 5.41) is 0. The molecule has 2 heterocycles. The molecule has 132 valence electrons. The Labute approximate surface area is 154 Å². The molecule has 0 radical (unpaired) electrons. The summed E-state index contributed by atoms with van der Waals surface area (Å²) >= 11 is 3.51. The molecule has 0 spiro atoms. The van der Waals surface area contributed by atoms with E-state index in [1.165, 1.54) is 7.11 Å². The van der Waals surface area contributed by atoms with Crippen LogP contribution in [0.3, 0.4) is 0 Å². The van der Waals surface area contributed by atoms with Crippen molar-refractivity contribution in [1.29, 1.82) is 0 Å². The van der Waals surface area contributed by atoms with Gasteiger partial charge in [-0.05, 0) is 18.1 Å². The first kappa shape index (κ1) is 17.9. The molecular weight excluding hydrogens is 358 g/mol. The van der Waals surface area contributed by atoms with E-state index in [4.69, 9.17) is 9.47 Å². The van der Waals surface area contributed by atoms with Crippen LogP contribution in [-0.2, 0) is 16.1 Å². The van der Waals surface area contributed by atoms with E-state index in [1.807, 2.05) is 30.3 Å². The number of rotatable bonds is 5. The summed E-state index contributed by atoms with van der Waals surface area (Å²) in [5.74, 6) is 1.13. The molecule has 3 rings (SSSR count). The first-order chi connectivity index (χ1) is 12.1. The Kier molecular flexibility index (Phi) is 5.75. The van der Waals surface area contributed by atoms with E-state index in [1.54, 1.807) is 30.4 Å². The standard InChI is InChI=1S/C18H19NO4S2/c1-11-13(16(20)22-2)15(18-24-8-9-25-18)19-14(11)17(21)23-10-12-6-4-3-5-7-12/h3-7,18-19H,8-10H2,1-2H3. The predicted octanol–water partition coefficient (Wildman–Crippen LogP) is 3.95. The van der Waals surface area contributed by atoms with Gasteiger partial charge < -0.3 is 14.5 Å². The summed E-state index contributed by atoms with van der Waals surface area (Å²) < 4.78 is 10.4. The fraction of sp³-hybridized carbons (Fsp3) is 0.333. The molecule has 25 heavy (non-hydrogen) atoms. The molecule has 0 atom stereocenters. The summed E-state index contributed by atoms with van der Waals surface area (Å²) in [7, 11) is 1.35. The van der Waals surface area contributed by atoms with E-state index in [-0.39, 0.29) is 11.2 Å². The molecule has 1 aromatic carbocycles. The number of carbonyl (C=O) groups excluding carboxylic acids is 2. The largest absolute Gasteiger partial charge is 0.465 e. The van der Waals surface area contributed by atoms with Gasteiger partial charge in [0.05, 0.1) is 22.9 Å². The first-order valence-corrected chi connectivity index (χ1v) is 9.96. The zero-order valence-electron chi connectivity index (χ0n) is 14.0. The number of carbonyl (C=O) groups is 2. The summed E-state index contributed by atoms with van der Waals surface area (Å²) in [6.45, 7) is 1.93. The van der Waals surface area contributed by atoms with Crippen molar-refractivity contribution in [2.75, 3.05) is 18.6 Å². The number of H-pyrrole nitrogens is 1. The number of aromatic nitrogens is 1. The van der Waals surface area contributed by atoms with Crippen LogP contribution in [0.5, 0.6) is 0 Å². The van der Waals surface area contributed by atoms with Crippen molar-refractivity contribution in [3.63, 3.8) is 0 Å². The smallest absolute Gasteiger partial charge is 0.355 e. The van der Waals surface area contributed by atoms with Crippen molar-refractivity contribution in [1.82, 2.24) is 4.98 Å². The van der Waals surface area contributed by atoms with Crippen molar-refractivity contribution in [2.24, 2.45) is 0 Å². The van der Waals surface area contributed by atoms with Crippen LogP contribution in [0.1, 0.15) is 42.2 Å². The van der Waals surface area contributed by atoms with E-state index >= 15 is 0 Å². The number of thioether (sulfide) groups is 2. The molecule has 1 aromatic heterocycles. The zero-order chi connectivity index (χ0) is 17.8.